The van der Waals surface area contributed by atoms with Crippen LogP contribution in [-0.4, -0.2) is 33.4 Å². The normalized spacial score (nSPS) is 10.5. The SMILES string of the molecule is Cc1nnc(-c2ccc(NCCO)c(Br)n2)s1. The Morgan fingerprint density at radius 1 is 1.41 bits per heavy atom. The number of aliphatic hydroxyl groups excluding tert-OH is 1. The van der Waals surface area contributed by atoms with Gasteiger partial charge in [0.15, 0.2) is 5.01 Å². The molecule has 0 unspecified atom stereocenters. The first kappa shape index (κ1) is 12.4. The molecule has 2 rings (SSSR count). The highest BCUT2D eigenvalue weighted by atomic mass is 79.9. The molecule has 0 radical (unpaired) electrons. The van der Waals surface area contributed by atoms with Crippen LogP contribution in [0.5, 0.6) is 0 Å². The Hall–Kier alpha value is -1.05. The van der Waals surface area contributed by atoms with E-state index in [-0.39, 0.29) is 6.61 Å². The molecule has 5 nitrogen and oxygen atoms in total. The van der Waals surface area contributed by atoms with Crippen molar-refractivity contribution >= 4 is 33.0 Å². The van der Waals surface area contributed by atoms with E-state index in [1.807, 2.05) is 19.1 Å². The Balaban J connectivity index is 2.24. The van der Waals surface area contributed by atoms with Gasteiger partial charge in [-0.3, -0.25) is 0 Å². The van der Waals surface area contributed by atoms with Gasteiger partial charge in [-0.25, -0.2) is 4.98 Å². The van der Waals surface area contributed by atoms with E-state index in [0.29, 0.717) is 11.1 Å². The molecular formula is C10H11BrN4OS. The smallest absolute Gasteiger partial charge is 0.166 e. The van der Waals surface area contributed by atoms with E-state index in [0.717, 1.165) is 21.4 Å². The highest BCUT2D eigenvalue weighted by molar-refractivity contribution is 9.10. The molecule has 0 spiro atoms. The summed E-state index contributed by atoms with van der Waals surface area (Å²) in [4.78, 5) is 4.39. The van der Waals surface area contributed by atoms with Crippen LogP contribution < -0.4 is 5.32 Å². The van der Waals surface area contributed by atoms with Crippen molar-refractivity contribution < 1.29 is 5.11 Å². The molecule has 0 saturated heterocycles. The summed E-state index contributed by atoms with van der Waals surface area (Å²) in [6, 6.07) is 3.78. The van der Waals surface area contributed by atoms with E-state index in [1.165, 1.54) is 11.3 Å². The number of hydrogen-bond donors (Lipinski definition) is 2. The third-order valence-electron chi connectivity index (χ3n) is 2.02. The number of aliphatic hydroxyl groups is 1. The summed E-state index contributed by atoms with van der Waals surface area (Å²) in [5, 5.41) is 21.5. The van der Waals surface area contributed by atoms with Gasteiger partial charge < -0.3 is 10.4 Å². The number of hydrogen-bond acceptors (Lipinski definition) is 6. The van der Waals surface area contributed by atoms with E-state index in [2.05, 4.69) is 36.4 Å². The molecule has 0 aliphatic carbocycles. The number of nitrogens with zero attached hydrogens (tertiary/aromatic N) is 3. The van der Waals surface area contributed by atoms with Gasteiger partial charge in [-0.2, -0.15) is 0 Å². The number of rotatable bonds is 4. The first-order chi connectivity index (χ1) is 8.20. The maximum Gasteiger partial charge on any atom is 0.166 e. The average Bonchev–Trinajstić information content (AvgIpc) is 2.74. The molecular weight excluding hydrogens is 304 g/mol. The number of aromatic nitrogens is 3. The van der Waals surface area contributed by atoms with Crippen LogP contribution in [0.3, 0.4) is 0 Å². The molecule has 0 atom stereocenters. The van der Waals surface area contributed by atoms with Gasteiger partial charge >= 0.3 is 0 Å². The number of anilines is 1. The second-order valence-corrected chi connectivity index (χ2v) is 5.24. The maximum atomic E-state index is 8.74. The second-order valence-electron chi connectivity index (χ2n) is 3.31. The molecule has 2 N–H and O–H groups in total. The maximum absolute atomic E-state index is 8.74. The lowest BCUT2D eigenvalue weighted by molar-refractivity contribution is 0.311. The van der Waals surface area contributed by atoms with Gasteiger partial charge in [0.2, 0.25) is 0 Å². The molecule has 7 heteroatoms. The van der Waals surface area contributed by atoms with Crippen LogP contribution >= 0.6 is 27.3 Å². The molecule has 2 aromatic rings. The minimum atomic E-state index is 0.0871. The zero-order valence-corrected chi connectivity index (χ0v) is 11.5. The molecule has 17 heavy (non-hydrogen) atoms. The standard InChI is InChI=1S/C10H11BrN4OS/c1-6-14-15-10(17-6)8-3-2-7(9(11)13-8)12-4-5-16/h2-3,12,16H,4-5H2,1H3. The third-order valence-corrected chi connectivity index (χ3v) is 3.49. The minimum Gasteiger partial charge on any atom is -0.395 e. The first-order valence-corrected chi connectivity index (χ1v) is 6.63. The van der Waals surface area contributed by atoms with Crippen molar-refractivity contribution in [2.75, 3.05) is 18.5 Å². The Morgan fingerprint density at radius 2 is 2.24 bits per heavy atom. The third kappa shape index (κ3) is 2.99. The van der Waals surface area contributed by atoms with Crippen molar-refractivity contribution in [3.8, 4) is 10.7 Å². The fourth-order valence-corrected chi connectivity index (χ4v) is 2.40. The molecule has 0 saturated carbocycles. The Morgan fingerprint density at radius 3 is 2.82 bits per heavy atom. The summed E-state index contributed by atoms with van der Waals surface area (Å²) in [7, 11) is 0. The predicted molar refractivity (Wildman–Crippen MR) is 71.2 cm³/mol. The summed E-state index contributed by atoms with van der Waals surface area (Å²) < 4.78 is 0.705. The fraction of sp³-hybridized carbons (Fsp3) is 0.300. The zero-order valence-electron chi connectivity index (χ0n) is 9.14. The van der Waals surface area contributed by atoms with Crippen LogP contribution in [0.4, 0.5) is 5.69 Å². The van der Waals surface area contributed by atoms with Gasteiger partial charge in [0.05, 0.1) is 12.3 Å². The first-order valence-electron chi connectivity index (χ1n) is 5.02. The summed E-state index contributed by atoms with van der Waals surface area (Å²) in [6.45, 7) is 2.49. The molecule has 0 aliphatic rings. The van der Waals surface area contributed by atoms with Crippen LogP contribution in [0.2, 0.25) is 0 Å². The van der Waals surface area contributed by atoms with E-state index >= 15 is 0 Å². The van der Waals surface area contributed by atoms with E-state index in [1.54, 1.807) is 0 Å². The summed E-state index contributed by atoms with van der Waals surface area (Å²) >= 11 is 4.89. The average molecular weight is 315 g/mol. The van der Waals surface area contributed by atoms with Crippen LogP contribution in [0.25, 0.3) is 10.7 Å². The quantitative estimate of drug-likeness (QED) is 0.845. The Bertz CT molecular complexity index is 517. The van der Waals surface area contributed by atoms with E-state index < -0.39 is 0 Å². The summed E-state index contributed by atoms with van der Waals surface area (Å²) in [5.41, 5.74) is 1.64. The Labute approximate surface area is 111 Å². The van der Waals surface area contributed by atoms with Gasteiger partial charge in [0.1, 0.15) is 15.3 Å². The predicted octanol–water partition coefficient (Wildman–Crippen LogP) is 2.08. The highest BCUT2D eigenvalue weighted by Gasteiger charge is 2.08. The Kier molecular flexibility index (Phi) is 4.03. The topological polar surface area (TPSA) is 70.9 Å². The van der Waals surface area contributed by atoms with Gasteiger partial charge in [-0.15, -0.1) is 10.2 Å². The molecule has 2 aromatic heterocycles. The van der Waals surface area contributed by atoms with Crippen molar-refractivity contribution in [2.45, 2.75) is 6.92 Å². The molecule has 0 amide bonds. The monoisotopic (exact) mass is 314 g/mol. The molecule has 0 aromatic carbocycles. The molecule has 0 bridgehead atoms. The molecule has 2 heterocycles. The van der Waals surface area contributed by atoms with Gasteiger partial charge in [0, 0.05) is 6.54 Å². The molecule has 90 valence electrons. The van der Waals surface area contributed by atoms with E-state index in [4.69, 9.17) is 5.11 Å². The number of pyridine rings is 1. The number of nitrogens with one attached hydrogen (secondary N) is 1. The minimum absolute atomic E-state index is 0.0871. The van der Waals surface area contributed by atoms with Gasteiger partial charge in [-0.05, 0) is 35.0 Å². The van der Waals surface area contributed by atoms with Crippen LogP contribution in [0, 0.1) is 6.92 Å². The van der Waals surface area contributed by atoms with Crippen molar-refractivity contribution in [3.05, 3.63) is 21.7 Å². The van der Waals surface area contributed by atoms with Crippen LogP contribution in [0.1, 0.15) is 5.01 Å². The van der Waals surface area contributed by atoms with Crippen molar-refractivity contribution in [3.63, 3.8) is 0 Å². The van der Waals surface area contributed by atoms with Crippen molar-refractivity contribution in [1.82, 2.24) is 15.2 Å². The lowest BCUT2D eigenvalue weighted by Crippen LogP contribution is -2.06. The lowest BCUT2D eigenvalue weighted by Gasteiger charge is -2.06. The number of halogens is 1. The van der Waals surface area contributed by atoms with Crippen molar-refractivity contribution in [2.24, 2.45) is 0 Å². The van der Waals surface area contributed by atoms with Gasteiger partial charge in [-0.1, -0.05) is 11.3 Å². The van der Waals surface area contributed by atoms with Crippen LogP contribution in [0.15, 0.2) is 16.7 Å². The second kappa shape index (κ2) is 5.52. The van der Waals surface area contributed by atoms with Crippen LogP contribution in [-0.2, 0) is 0 Å². The summed E-state index contributed by atoms with van der Waals surface area (Å²) in [5.74, 6) is 0. The lowest BCUT2D eigenvalue weighted by atomic mass is 10.3. The molecule has 0 fully saturated rings. The largest absolute Gasteiger partial charge is 0.395 e. The zero-order chi connectivity index (χ0) is 12.3. The fourth-order valence-electron chi connectivity index (χ4n) is 1.28. The number of aryl methyl sites for hydroxylation is 1. The highest BCUT2D eigenvalue weighted by Crippen LogP contribution is 2.26. The molecule has 0 aliphatic heterocycles. The van der Waals surface area contributed by atoms with Gasteiger partial charge in [0.25, 0.3) is 0 Å². The van der Waals surface area contributed by atoms with Crippen molar-refractivity contribution in [1.29, 1.82) is 0 Å². The summed E-state index contributed by atoms with van der Waals surface area (Å²) in [6.07, 6.45) is 0. The van der Waals surface area contributed by atoms with E-state index in [9.17, 15) is 0 Å².